The number of carbonyl (C=O) groups is 1. The average molecular weight is 463 g/mol. The summed E-state index contributed by atoms with van der Waals surface area (Å²) in [6, 6.07) is 7.23. The number of anilines is 2. The van der Waals surface area contributed by atoms with E-state index in [9.17, 15) is 13.2 Å². The van der Waals surface area contributed by atoms with Crippen LogP contribution in [0, 0.1) is 0 Å². The van der Waals surface area contributed by atoms with E-state index in [1.165, 1.54) is 0 Å². The Kier molecular flexibility index (Phi) is 5.74. The highest BCUT2D eigenvalue weighted by atomic mass is 35.5. The van der Waals surface area contributed by atoms with E-state index in [1.54, 1.807) is 40.7 Å². The van der Waals surface area contributed by atoms with Crippen molar-refractivity contribution in [3.8, 4) is 0 Å². The van der Waals surface area contributed by atoms with E-state index < -0.39 is 15.6 Å². The van der Waals surface area contributed by atoms with Crippen molar-refractivity contribution in [3.05, 3.63) is 52.8 Å². The quantitative estimate of drug-likeness (QED) is 0.729. The molecule has 0 bridgehead atoms. The molecule has 2 aliphatic heterocycles. The third-order valence-electron chi connectivity index (χ3n) is 6.13. The van der Waals surface area contributed by atoms with Crippen LogP contribution in [0.4, 0.5) is 11.4 Å². The number of carbonyl (C=O) groups excluding carboxylic acids is 1. The largest absolute Gasteiger partial charge is 0.380 e. The first-order valence-electron chi connectivity index (χ1n) is 10.5. The van der Waals surface area contributed by atoms with Crippen molar-refractivity contribution in [3.63, 3.8) is 0 Å². The Morgan fingerprint density at radius 2 is 2.03 bits per heavy atom. The van der Waals surface area contributed by atoms with Gasteiger partial charge in [-0.1, -0.05) is 11.6 Å². The second kappa shape index (κ2) is 8.07. The van der Waals surface area contributed by atoms with Crippen molar-refractivity contribution in [1.29, 1.82) is 0 Å². The molecular weight excluding hydrogens is 436 g/mol. The van der Waals surface area contributed by atoms with E-state index in [2.05, 4.69) is 10.3 Å². The summed E-state index contributed by atoms with van der Waals surface area (Å²) in [6.07, 6.45) is 5.05. The van der Waals surface area contributed by atoms with Gasteiger partial charge in [-0.2, -0.15) is 4.31 Å². The number of rotatable bonds is 5. The highest BCUT2D eigenvalue weighted by Gasteiger charge is 2.44. The van der Waals surface area contributed by atoms with Crippen LogP contribution in [-0.2, 0) is 15.6 Å². The number of hydrogen-bond acceptors (Lipinski definition) is 5. The van der Waals surface area contributed by atoms with E-state index in [0.29, 0.717) is 29.4 Å². The molecule has 1 atom stereocenters. The van der Waals surface area contributed by atoms with E-state index in [1.807, 2.05) is 26.0 Å². The van der Waals surface area contributed by atoms with E-state index in [0.717, 1.165) is 24.1 Å². The lowest BCUT2D eigenvalue weighted by atomic mass is 9.93. The van der Waals surface area contributed by atoms with Gasteiger partial charge in [0.1, 0.15) is 0 Å². The minimum atomic E-state index is -3.21. The molecule has 4 rings (SSSR count). The molecule has 1 N–H and O–H groups in total. The van der Waals surface area contributed by atoms with Crippen LogP contribution in [-0.4, -0.2) is 48.5 Å². The zero-order valence-corrected chi connectivity index (χ0v) is 19.5. The third-order valence-corrected chi connectivity index (χ3v) is 8.21. The Balaban J connectivity index is 1.58. The third kappa shape index (κ3) is 4.04. The zero-order chi connectivity index (χ0) is 22.4. The topological polar surface area (TPSA) is 82.6 Å². The number of nitrogens with zero attached hydrogens (tertiary/aromatic N) is 3. The van der Waals surface area contributed by atoms with Gasteiger partial charge in [0.15, 0.2) is 0 Å². The molecule has 9 heteroatoms. The van der Waals surface area contributed by atoms with Crippen molar-refractivity contribution in [2.45, 2.75) is 45.2 Å². The number of halogens is 1. The van der Waals surface area contributed by atoms with Gasteiger partial charge >= 0.3 is 0 Å². The summed E-state index contributed by atoms with van der Waals surface area (Å²) in [6.45, 7) is 6.63. The number of nitrogens with one attached hydrogen (secondary N) is 1. The number of benzene rings is 1. The molecule has 2 aromatic rings. The molecule has 7 nitrogen and oxygen atoms in total. The van der Waals surface area contributed by atoms with Crippen molar-refractivity contribution in [2.24, 2.45) is 0 Å². The fourth-order valence-corrected chi connectivity index (χ4v) is 5.86. The SMILES string of the molecule is CCS(=O)(=O)N1CCC[C@H](Nc2cncc(N3C(=O)c4ccc(Cl)cc4C3(C)C)c2)C1. The van der Waals surface area contributed by atoms with Crippen LogP contribution in [0.25, 0.3) is 0 Å². The van der Waals surface area contributed by atoms with Gasteiger partial charge in [-0.05, 0) is 63.4 Å². The van der Waals surface area contributed by atoms with Crippen molar-refractivity contribution in [1.82, 2.24) is 9.29 Å². The molecule has 1 aromatic heterocycles. The van der Waals surface area contributed by atoms with Gasteiger partial charge in [0.25, 0.3) is 5.91 Å². The van der Waals surface area contributed by atoms with E-state index in [4.69, 9.17) is 11.6 Å². The van der Waals surface area contributed by atoms with Crippen molar-refractivity contribution < 1.29 is 13.2 Å². The number of sulfonamides is 1. The fraction of sp³-hybridized carbons (Fsp3) is 0.455. The lowest BCUT2D eigenvalue weighted by Crippen LogP contribution is -2.45. The molecule has 0 radical (unpaired) electrons. The molecule has 0 aliphatic carbocycles. The molecule has 1 amide bonds. The van der Waals surface area contributed by atoms with Gasteiger partial charge in [0.05, 0.1) is 35.1 Å². The summed E-state index contributed by atoms with van der Waals surface area (Å²) in [5.41, 5.74) is 2.39. The van der Waals surface area contributed by atoms with Crippen LogP contribution in [0.3, 0.4) is 0 Å². The number of amides is 1. The standard InChI is InChI=1S/C22H27ClN4O3S/c1-4-31(29,30)26-9-5-6-16(14-26)25-17-11-18(13-24-12-17)27-21(28)19-8-7-15(23)10-20(19)22(27,2)3/h7-8,10-13,16,25H,4-6,9,14H2,1-3H3/t16-/m0/s1. The lowest BCUT2D eigenvalue weighted by Gasteiger charge is -2.34. The van der Waals surface area contributed by atoms with Crippen LogP contribution in [0.5, 0.6) is 0 Å². The molecule has 1 aromatic carbocycles. The maximum Gasteiger partial charge on any atom is 0.259 e. The first-order chi connectivity index (χ1) is 14.6. The van der Waals surface area contributed by atoms with Gasteiger partial charge in [0.2, 0.25) is 10.0 Å². The smallest absolute Gasteiger partial charge is 0.259 e. The summed E-state index contributed by atoms with van der Waals surface area (Å²) in [4.78, 5) is 19.3. The van der Waals surface area contributed by atoms with Gasteiger partial charge in [0, 0.05) is 29.7 Å². The number of fused-ring (bicyclic) bond motifs is 1. The molecular formula is C22H27ClN4O3S. The second-order valence-electron chi connectivity index (χ2n) is 8.56. The minimum absolute atomic E-state index is 0.00887. The number of pyridine rings is 1. The molecule has 0 unspecified atom stereocenters. The Labute approximate surface area is 188 Å². The van der Waals surface area contributed by atoms with Crippen LogP contribution in [0.15, 0.2) is 36.7 Å². The molecule has 2 aliphatic rings. The summed E-state index contributed by atoms with van der Waals surface area (Å²) in [5, 5.41) is 4.01. The Hall–Kier alpha value is -2.16. The maximum atomic E-state index is 13.2. The molecule has 3 heterocycles. The predicted octanol–water partition coefficient (Wildman–Crippen LogP) is 3.86. The number of piperidine rings is 1. The van der Waals surface area contributed by atoms with Gasteiger partial charge in [-0.25, -0.2) is 8.42 Å². The molecule has 1 fully saturated rings. The fourth-order valence-electron chi connectivity index (χ4n) is 4.50. The molecule has 166 valence electrons. The van der Waals surface area contributed by atoms with E-state index >= 15 is 0 Å². The average Bonchev–Trinajstić information content (AvgIpc) is 2.93. The highest BCUT2D eigenvalue weighted by Crippen LogP contribution is 2.43. The first-order valence-corrected chi connectivity index (χ1v) is 12.5. The predicted molar refractivity (Wildman–Crippen MR) is 123 cm³/mol. The van der Waals surface area contributed by atoms with Gasteiger partial charge in [-0.15, -0.1) is 0 Å². The summed E-state index contributed by atoms with van der Waals surface area (Å²) in [5.74, 6) is 0.0153. The van der Waals surface area contributed by atoms with Crippen molar-refractivity contribution >= 4 is 38.9 Å². The van der Waals surface area contributed by atoms with E-state index in [-0.39, 0.29) is 17.7 Å². The van der Waals surface area contributed by atoms with Gasteiger partial charge < -0.3 is 5.32 Å². The van der Waals surface area contributed by atoms with Crippen LogP contribution < -0.4 is 10.2 Å². The number of aromatic nitrogens is 1. The Morgan fingerprint density at radius 3 is 2.77 bits per heavy atom. The summed E-state index contributed by atoms with van der Waals surface area (Å²) in [7, 11) is -3.21. The zero-order valence-electron chi connectivity index (χ0n) is 17.9. The minimum Gasteiger partial charge on any atom is -0.380 e. The molecule has 0 spiro atoms. The van der Waals surface area contributed by atoms with Gasteiger partial charge in [-0.3, -0.25) is 14.7 Å². The Bertz CT molecular complexity index is 1120. The lowest BCUT2D eigenvalue weighted by molar-refractivity contribution is 0.0982. The second-order valence-corrected chi connectivity index (χ2v) is 11.3. The molecule has 0 saturated carbocycles. The maximum absolute atomic E-state index is 13.2. The first kappa shape index (κ1) is 22.0. The van der Waals surface area contributed by atoms with Crippen LogP contribution in [0.2, 0.25) is 5.02 Å². The normalized spacial score (nSPS) is 21.2. The number of hydrogen-bond donors (Lipinski definition) is 1. The summed E-state index contributed by atoms with van der Waals surface area (Å²) < 4.78 is 26.1. The van der Waals surface area contributed by atoms with Crippen LogP contribution in [0.1, 0.15) is 49.5 Å². The molecule has 1 saturated heterocycles. The highest BCUT2D eigenvalue weighted by molar-refractivity contribution is 7.89. The van der Waals surface area contributed by atoms with Crippen LogP contribution >= 0.6 is 11.6 Å². The monoisotopic (exact) mass is 462 g/mol. The Morgan fingerprint density at radius 1 is 1.26 bits per heavy atom. The summed E-state index contributed by atoms with van der Waals surface area (Å²) >= 11 is 6.18. The van der Waals surface area contributed by atoms with Crippen molar-refractivity contribution in [2.75, 3.05) is 29.1 Å². The molecule has 31 heavy (non-hydrogen) atoms.